The minimum atomic E-state index is 0.936. The predicted octanol–water partition coefficient (Wildman–Crippen LogP) is 3.93. The average Bonchev–Trinajstić information content (AvgIpc) is 2.65. The molecule has 0 unspecified atom stereocenters. The average molecular weight is 347 g/mol. The minimum Gasteiger partial charge on any atom is -0.205 e. The zero-order chi connectivity index (χ0) is 18.5. The van der Waals surface area contributed by atoms with E-state index >= 15 is 0 Å². The van der Waals surface area contributed by atoms with Gasteiger partial charge < -0.3 is 0 Å². The molecule has 134 valence electrons. The van der Waals surface area contributed by atoms with Gasteiger partial charge in [0.2, 0.25) is 0 Å². The molecule has 0 aliphatic heterocycles. The number of pyridine rings is 2. The van der Waals surface area contributed by atoms with Gasteiger partial charge in [-0.15, -0.1) is 0 Å². The molecule has 2 aromatic heterocycles. The fraction of sp³-hybridized carbons (Fsp3) is 0.417. The van der Waals surface area contributed by atoms with Crippen molar-refractivity contribution in [1.82, 2.24) is 0 Å². The van der Waals surface area contributed by atoms with Gasteiger partial charge in [0.05, 0.1) is 0 Å². The molecule has 0 radical (unpaired) electrons. The molecule has 0 fully saturated rings. The van der Waals surface area contributed by atoms with Crippen LogP contribution in [-0.2, 0) is 13.1 Å². The zero-order valence-corrected chi connectivity index (χ0v) is 16.2. The first-order chi connectivity index (χ1) is 12.7. The summed E-state index contributed by atoms with van der Waals surface area (Å²) in [6.07, 6.45) is 15.0. The number of hydrogen-bond donors (Lipinski definition) is 0. The van der Waals surface area contributed by atoms with Crippen molar-refractivity contribution >= 4 is 0 Å². The summed E-state index contributed by atoms with van der Waals surface area (Å²) >= 11 is 0. The Labute approximate surface area is 158 Å². The normalized spacial score (nSPS) is 9.77. The van der Waals surface area contributed by atoms with E-state index < -0.39 is 0 Å². The zero-order valence-electron chi connectivity index (χ0n) is 16.2. The third kappa shape index (κ3) is 8.50. The molecule has 0 amide bonds. The van der Waals surface area contributed by atoms with E-state index in [1.807, 2.05) is 0 Å². The number of aromatic nitrogens is 2. The number of unbranched alkanes of at least 4 members (excludes halogenated alkanes) is 4. The first-order valence-electron chi connectivity index (χ1n) is 9.61. The van der Waals surface area contributed by atoms with Crippen LogP contribution in [0.15, 0.2) is 49.1 Å². The van der Waals surface area contributed by atoms with Gasteiger partial charge in [0.25, 0.3) is 0 Å². The molecule has 2 nitrogen and oxygen atoms in total. The van der Waals surface area contributed by atoms with Crippen LogP contribution in [0.3, 0.4) is 0 Å². The van der Waals surface area contributed by atoms with Crippen LogP contribution in [0, 0.1) is 37.5 Å². The quantitative estimate of drug-likeness (QED) is 0.389. The summed E-state index contributed by atoms with van der Waals surface area (Å²) in [5, 5.41) is 0. The highest BCUT2D eigenvalue weighted by molar-refractivity contribution is 5.25. The summed E-state index contributed by atoms with van der Waals surface area (Å²) in [7, 11) is 0. The second kappa shape index (κ2) is 11.9. The number of aryl methyl sites for hydroxylation is 4. The molecule has 0 aromatic carbocycles. The van der Waals surface area contributed by atoms with Gasteiger partial charge in [-0.25, -0.2) is 9.13 Å². The maximum absolute atomic E-state index is 3.17. The van der Waals surface area contributed by atoms with E-state index in [4.69, 9.17) is 0 Å². The van der Waals surface area contributed by atoms with Crippen LogP contribution >= 0.6 is 0 Å². The Morgan fingerprint density at radius 3 is 1.38 bits per heavy atom. The fourth-order valence-electron chi connectivity index (χ4n) is 2.59. The Morgan fingerprint density at radius 1 is 0.615 bits per heavy atom. The van der Waals surface area contributed by atoms with Crippen molar-refractivity contribution in [1.29, 1.82) is 0 Å². The molecule has 2 rings (SSSR count). The highest BCUT2D eigenvalue weighted by atomic mass is 14.9. The Balaban J connectivity index is 1.49. The number of hydrogen-bond acceptors (Lipinski definition) is 0. The van der Waals surface area contributed by atoms with Crippen molar-refractivity contribution in [3.8, 4) is 23.7 Å². The van der Waals surface area contributed by atoms with Crippen molar-refractivity contribution in [2.45, 2.75) is 65.5 Å². The minimum absolute atomic E-state index is 0.936. The first-order valence-corrected chi connectivity index (χ1v) is 9.61. The van der Waals surface area contributed by atoms with Gasteiger partial charge in [0.15, 0.2) is 24.8 Å². The van der Waals surface area contributed by atoms with Crippen molar-refractivity contribution in [3.05, 3.63) is 60.2 Å². The van der Waals surface area contributed by atoms with E-state index in [1.165, 1.54) is 11.1 Å². The van der Waals surface area contributed by atoms with E-state index in [0.29, 0.717) is 0 Å². The molecule has 26 heavy (non-hydrogen) atoms. The first kappa shape index (κ1) is 19.7. The largest absolute Gasteiger partial charge is 0.205 e. The maximum Gasteiger partial charge on any atom is 0.169 e. The SMILES string of the molecule is Cc1cc[n+](CCCCC#CC#CCCCC[n+]2ccc(C)cc2)cc1. The Hall–Kier alpha value is -2.58. The second-order valence-electron chi connectivity index (χ2n) is 6.74. The number of rotatable bonds is 8. The van der Waals surface area contributed by atoms with Gasteiger partial charge in [-0.3, -0.25) is 0 Å². The third-order valence-electron chi connectivity index (χ3n) is 4.29. The lowest BCUT2D eigenvalue weighted by Crippen LogP contribution is -2.32. The molecular weight excluding hydrogens is 316 g/mol. The van der Waals surface area contributed by atoms with Crippen molar-refractivity contribution in [2.24, 2.45) is 0 Å². The van der Waals surface area contributed by atoms with Gasteiger partial charge >= 0.3 is 0 Å². The molecule has 2 aromatic rings. The smallest absolute Gasteiger partial charge is 0.169 e. The molecule has 0 aliphatic rings. The second-order valence-corrected chi connectivity index (χ2v) is 6.74. The summed E-state index contributed by atoms with van der Waals surface area (Å²) in [4.78, 5) is 0. The summed E-state index contributed by atoms with van der Waals surface area (Å²) in [6, 6.07) is 8.59. The molecule has 0 bridgehead atoms. The van der Waals surface area contributed by atoms with Crippen LogP contribution in [0.1, 0.15) is 49.7 Å². The molecule has 0 aliphatic carbocycles. The highest BCUT2D eigenvalue weighted by Gasteiger charge is 1.98. The van der Waals surface area contributed by atoms with Gasteiger partial charge in [0, 0.05) is 49.9 Å². The van der Waals surface area contributed by atoms with Gasteiger partial charge in [0.1, 0.15) is 13.1 Å². The van der Waals surface area contributed by atoms with Gasteiger partial charge in [-0.1, -0.05) is 11.8 Å². The van der Waals surface area contributed by atoms with Crippen LogP contribution in [0.2, 0.25) is 0 Å². The predicted molar refractivity (Wildman–Crippen MR) is 106 cm³/mol. The lowest BCUT2D eigenvalue weighted by Gasteiger charge is -1.95. The molecule has 2 heteroatoms. The third-order valence-corrected chi connectivity index (χ3v) is 4.29. The summed E-state index contributed by atoms with van der Waals surface area (Å²) in [5.74, 6) is 12.3. The van der Waals surface area contributed by atoms with Crippen molar-refractivity contribution < 1.29 is 9.13 Å². The molecule has 0 saturated carbocycles. The van der Waals surface area contributed by atoms with Crippen molar-refractivity contribution in [3.63, 3.8) is 0 Å². The summed E-state index contributed by atoms with van der Waals surface area (Å²) in [6.45, 7) is 6.35. The Bertz CT molecular complexity index is 696. The highest BCUT2D eigenvalue weighted by Crippen LogP contribution is 1.96. The van der Waals surface area contributed by atoms with Crippen LogP contribution in [0.5, 0.6) is 0 Å². The topological polar surface area (TPSA) is 7.76 Å². The Kier molecular flexibility index (Phi) is 9.02. The molecule has 0 atom stereocenters. The van der Waals surface area contributed by atoms with E-state index in [2.05, 4.69) is 95.7 Å². The molecule has 0 spiro atoms. The van der Waals surface area contributed by atoms with E-state index in [9.17, 15) is 0 Å². The Morgan fingerprint density at radius 2 is 1.00 bits per heavy atom. The van der Waals surface area contributed by atoms with Crippen LogP contribution in [-0.4, -0.2) is 0 Å². The molecule has 0 saturated heterocycles. The van der Waals surface area contributed by atoms with Gasteiger partial charge in [-0.05, 0) is 49.7 Å². The van der Waals surface area contributed by atoms with E-state index in [0.717, 1.165) is 51.6 Å². The number of nitrogens with zero attached hydrogens (tertiary/aromatic N) is 2. The summed E-state index contributed by atoms with van der Waals surface area (Å²) in [5.41, 5.74) is 2.61. The van der Waals surface area contributed by atoms with Crippen LogP contribution in [0.4, 0.5) is 0 Å². The molecule has 0 N–H and O–H groups in total. The summed E-state index contributed by atoms with van der Waals surface area (Å²) < 4.78 is 4.46. The van der Waals surface area contributed by atoms with E-state index in [-0.39, 0.29) is 0 Å². The fourth-order valence-corrected chi connectivity index (χ4v) is 2.59. The standard InChI is InChI=1S/C24H30N2/c1-23-13-19-25(20-14-23)17-11-9-7-5-3-4-6-8-10-12-18-26-21-15-24(2)16-22-26/h13-16,19-22H,7-12,17-18H2,1-2H3/q+2. The maximum atomic E-state index is 3.17. The van der Waals surface area contributed by atoms with Crippen LogP contribution < -0.4 is 9.13 Å². The molecule has 2 heterocycles. The lowest BCUT2D eigenvalue weighted by atomic mass is 10.2. The van der Waals surface area contributed by atoms with Gasteiger partial charge in [-0.2, -0.15) is 0 Å². The van der Waals surface area contributed by atoms with Crippen molar-refractivity contribution in [2.75, 3.05) is 0 Å². The molecular formula is C24H30N2+2. The van der Waals surface area contributed by atoms with E-state index in [1.54, 1.807) is 0 Å². The monoisotopic (exact) mass is 346 g/mol. The lowest BCUT2D eigenvalue weighted by molar-refractivity contribution is -0.697. The van der Waals surface area contributed by atoms with Crippen LogP contribution in [0.25, 0.3) is 0 Å².